The average molecular weight is 468 g/mol. The van der Waals surface area contributed by atoms with E-state index < -0.39 is 5.60 Å². The highest BCUT2D eigenvalue weighted by Crippen LogP contribution is 2.41. The molecule has 11 heteroatoms. The molecular formula is C22H25N7O3S. The summed E-state index contributed by atoms with van der Waals surface area (Å²) >= 11 is 1.60. The third-order valence-electron chi connectivity index (χ3n) is 5.72. The van der Waals surface area contributed by atoms with Crippen LogP contribution in [0.3, 0.4) is 0 Å². The molecule has 10 nitrogen and oxygen atoms in total. The number of ether oxygens (including phenoxy) is 1. The lowest BCUT2D eigenvalue weighted by atomic mass is 9.87. The molecular weight excluding hydrogens is 442 g/mol. The Labute approximate surface area is 194 Å². The van der Waals surface area contributed by atoms with E-state index >= 15 is 0 Å². The molecule has 0 spiro atoms. The Kier molecular flexibility index (Phi) is 5.37. The minimum atomic E-state index is -0.932. The smallest absolute Gasteiger partial charge is 0.223 e. The number of rotatable bonds is 6. The van der Waals surface area contributed by atoms with Crippen molar-refractivity contribution < 1.29 is 14.6 Å². The molecule has 3 N–H and O–H groups in total. The van der Waals surface area contributed by atoms with Crippen molar-refractivity contribution in [3.05, 3.63) is 35.2 Å². The van der Waals surface area contributed by atoms with Crippen LogP contribution in [-0.4, -0.2) is 54.8 Å². The number of carbonyl (C=O) groups is 1. The van der Waals surface area contributed by atoms with Gasteiger partial charge in [0.15, 0.2) is 17.2 Å². The maximum atomic E-state index is 12.6. The molecule has 0 saturated carbocycles. The third kappa shape index (κ3) is 4.21. The predicted octanol–water partition coefficient (Wildman–Crippen LogP) is 2.48. The first-order valence-electron chi connectivity index (χ1n) is 10.7. The Morgan fingerprint density at radius 2 is 2.21 bits per heavy atom. The van der Waals surface area contributed by atoms with Gasteiger partial charge in [-0.3, -0.25) is 4.79 Å². The summed E-state index contributed by atoms with van der Waals surface area (Å²) in [5, 5.41) is 21.3. The fourth-order valence-corrected chi connectivity index (χ4v) is 5.33. The Morgan fingerprint density at radius 1 is 1.36 bits per heavy atom. The number of aryl methyl sites for hydroxylation is 1. The molecule has 1 atom stereocenters. The topological polar surface area (TPSA) is 127 Å². The molecule has 33 heavy (non-hydrogen) atoms. The standard InChI is InChI=1S/C22H25N7O3S/c1-22(2,31)10-23-20(30)12-4-5-13-15(8-12)33-21-17(13)19(24-11-25-21)28-18-14(32-3)9-29-16(27-18)6-7-26-29/h6-7,9,11-12,31H,4-5,8,10H2,1-3H3,(H,23,30)(H,24,25,27,28)/t12-/m0/s1. The minimum Gasteiger partial charge on any atom is -0.491 e. The van der Waals surface area contributed by atoms with Crippen LogP contribution in [0.4, 0.5) is 11.6 Å². The summed E-state index contributed by atoms with van der Waals surface area (Å²) in [5.74, 6) is 1.61. The van der Waals surface area contributed by atoms with Gasteiger partial charge in [-0.15, -0.1) is 11.3 Å². The number of hydrogen-bond donors (Lipinski definition) is 3. The fraction of sp³-hybridized carbons (Fsp3) is 0.409. The number of anilines is 2. The monoisotopic (exact) mass is 467 g/mol. The number of methoxy groups -OCH3 is 1. The molecule has 172 valence electrons. The molecule has 1 aliphatic rings. The van der Waals surface area contributed by atoms with E-state index in [4.69, 9.17) is 4.74 Å². The first kappa shape index (κ1) is 21.5. The zero-order valence-electron chi connectivity index (χ0n) is 18.6. The van der Waals surface area contributed by atoms with E-state index in [2.05, 4.69) is 30.7 Å². The van der Waals surface area contributed by atoms with Gasteiger partial charge in [-0.2, -0.15) is 5.10 Å². The molecule has 5 rings (SSSR count). The minimum absolute atomic E-state index is 0.0206. The van der Waals surface area contributed by atoms with E-state index in [1.807, 2.05) is 6.07 Å². The van der Waals surface area contributed by atoms with Gasteiger partial charge in [0.1, 0.15) is 17.0 Å². The molecule has 0 saturated heterocycles. The van der Waals surface area contributed by atoms with E-state index in [9.17, 15) is 9.90 Å². The van der Waals surface area contributed by atoms with Crippen LogP contribution in [0.5, 0.6) is 5.75 Å². The van der Waals surface area contributed by atoms with E-state index in [1.165, 1.54) is 11.9 Å². The molecule has 0 bridgehead atoms. The van der Waals surface area contributed by atoms with Gasteiger partial charge in [0.05, 0.1) is 30.5 Å². The summed E-state index contributed by atoms with van der Waals surface area (Å²) in [5.41, 5.74) is 0.933. The van der Waals surface area contributed by atoms with Crippen LogP contribution in [-0.2, 0) is 17.6 Å². The Morgan fingerprint density at radius 3 is 3.00 bits per heavy atom. The lowest BCUT2D eigenvalue weighted by molar-refractivity contribution is -0.126. The number of nitrogens with one attached hydrogen (secondary N) is 2. The number of amides is 1. The van der Waals surface area contributed by atoms with Gasteiger partial charge in [0.2, 0.25) is 5.91 Å². The molecule has 0 fully saturated rings. The van der Waals surface area contributed by atoms with Crippen molar-refractivity contribution in [3.8, 4) is 5.75 Å². The second-order valence-corrected chi connectivity index (χ2v) is 9.88. The van der Waals surface area contributed by atoms with Gasteiger partial charge in [0, 0.05) is 23.4 Å². The van der Waals surface area contributed by atoms with Crippen molar-refractivity contribution in [1.82, 2.24) is 29.9 Å². The second-order valence-electron chi connectivity index (χ2n) is 8.79. The second kappa shape index (κ2) is 8.23. The zero-order chi connectivity index (χ0) is 23.2. The Bertz CT molecular complexity index is 1340. The van der Waals surface area contributed by atoms with Gasteiger partial charge in [-0.1, -0.05) is 0 Å². The fourth-order valence-electron chi connectivity index (χ4n) is 4.06. The van der Waals surface area contributed by atoms with Gasteiger partial charge in [-0.25, -0.2) is 19.5 Å². The first-order chi connectivity index (χ1) is 15.8. The first-order valence-corrected chi connectivity index (χ1v) is 11.5. The van der Waals surface area contributed by atoms with Gasteiger partial charge in [-0.05, 0) is 38.7 Å². The van der Waals surface area contributed by atoms with Crippen LogP contribution in [0.2, 0.25) is 0 Å². The largest absolute Gasteiger partial charge is 0.491 e. The van der Waals surface area contributed by atoms with Crippen molar-refractivity contribution in [2.45, 2.75) is 38.7 Å². The SMILES string of the molecule is COc1cn2nccc2nc1Nc1ncnc2sc3c(c12)CC[C@H](C(=O)NCC(C)(C)O)C3. The summed E-state index contributed by atoms with van der Waals surface area (Å²) in [6.45, 7) is 3.59. The van der Waals surface area contributed by atoms with Crippen molar-refractivity contribution in [1.29, 1.82) is 0 Å². The van der Waals surface area contributed by atoms with Crippen molar-refractivity contribution >= 4 is 44.7 Å². The van der Waals surface area contributed by atoms with Crippen molar-refractivity contribution in [2.24, 2.45) is 5.92 Å². The molecule has 0 aliphatic heterocycles. The van der Waals surface area contributed by atoms with Crippen LogP contribution >= 0.6 is 11.3 Å². The number of carbonyl (C=O) groups excluding carboxylic acids is 1. The zero-order valence-corrected chi connectivity index (χ0v) is 19.4. The van der Waals surface area contributed by atoms with E-state index in [0.717, 1.165) is 27.9 Å². The molecule has 0 radical (unpaired) electrons. The number of hydrogen-bond acceptors (Lipinski definition) is 9. The Hall–Kier alpha value is -3.31. The highest BCUT2D eigenvalue weighted by Gasteiger charge is 2.30. The molecule has 0 unspecified atom stereocenters. The molecule has 1 amide bonds. The normalized spacial score (nSPS) is 16.1. The lowest BCUT2D eigenvalue weighted by Crippen LogP contribution is -2.42. The number of nitrogens with zero attached hydrogens (tertiary/aromatic N) is 5. The van der Waals surface area contributed by atoms with Crippen LogP contribution < -0.4 is 15.4 Å². The summed E-state index contributed by atoms with van der Waals surface area (Å²) in [6.07, 6.45) is 7.11. The van der Waals surface area contributed by atoms with E-state index in [0.29, 0.717) is 29.5 Å². The van der Waals surface area contributed by atoms with Gasteiger partial charge in [0.25, 0.3) is 0 Å². The van der Waals surface area contributed by atoms with Gasteiger partial charge >= 0.3 is 0 Å². The summed E-state index contributed by atoms with van der Waals surface area (Å²) in [4.78, 5) is 28.3. The van der Waals surface area contributed by atoms with Crippen LogP contribution in [0, 0.1) is 5.92 Å². The van der Waals surface area contributed by atoms with Gasteiger partial charge < -0.3 is 20.5 Å². The number of aromatic nitrogens is 5. The predicted molar refractivity (Wildman–Crippen MR) is 125 cm³/mol. The average Bonchev–Trinajstić information content (AvgIpc) is 3.39. The summed E-state index contributed by atoms with van der Waals surface area (Å²) < 4.78 is 7.15. The van der Waals surface area contributed by atoms with Crippen LogP contribution in [0.25, 0.3) is 15.9 Å². The Balaban J connectivity index is 1.44. The molecule has 4 aromatic rings. The molecule has 0 aromatic carbocycles. The number of aliphatic hydroxyl groups is 1. The summed E-state index contributed by atoms with van der Waals surface area (Å²) in [6, 6.07) is 1.82. The number of fused-ring (bicyclic) bond motifs is 4. The van der Waals surface area contributed by atoms with Crippen molar-refractivity contribution in [3.63, 3.8) is 0 Å². The molecule has 1 aliphatic carbocycles. The highest BCUT2D eigenvalue weighted by atomic mass is 32.1. The van der Waals surface area contributed by atoms with Crippen LogP contribution in [0.15, 0.2) is 24.8 Å². The van der Waals surface area contributed by atoms with E-state index in [1.54, 1.807) is 49.2 Å². The molecule has 4 aromatic heterocycles. The summed E-state index contributed by atoms with van der Waals surface area (Å²) in [7, 11) is 1.59. The third-order valence-corrected chi connectivity index (χ3v) is 6.88. The number of thiophene rings is 1. The molecule has 4 heterocycles. The maximum absolute atomic E-state index is 12.6. The quantitative estimate of drug-likeness (QED) is 0.395. The van der Waals surface area contributed by atoms with Crippen LogP contribution in [0.1, 0.15) is 30.7 Å². The van der Waals surface area contributed by atoms with Crippen molar-refractivity contribution in [2.75, 3.05) is 19.0 Å². The maximum Gasteiger partial charge on any atom is 0.223 e. The lowest BCUT2D eigenvalue weighted by Gasteiger charge is -2.24. The highest BCUT2D eigenvalue weighted by molar-refractivity contribution is 7.19. The van der Waals surface area contributed by atoms with E-state index in [-0.39, 0.29) is 18.4 Å².